The van der Waals surface area contributed by atoms with Crippen molar-refractivity contribution in [3.63, 3.8) is 0 Å². The smallest absolute Gasteiger partial charge is 0.293 e. The molecule has 1 aromatic rings. The first kappa shape index (κ1) is 17.2. The molecule has 0 spiro atoms. The fourth-order valence-corrected chi connectivity index (χ4v) is 2.36. The molecule has 1 unspecified atom stereocenters. The molecule has 0 aliphatic heterocycles. The van der Waals surface area contributed by atoms with Crippen molar-refractivity contribution in [1.29, 1.82) is 0 Å². The van der Waals surface area contributed by atoms with Gasteiger partial charge in [-0.2, -0.15) is 0 Å². The van der Waals surface area contributed by atoms with Crippen molar-refractivity contribution in [1.82, 2.24) is 5.32 Å². The maximum Gasteiger partial charge on any atom is 0.293 e. The van der Waals surface area contributed by atoms with Crippen LogP contribution in [-0.4, -0.2) is 29.5 Å². The number of carbonyl (C=O) groups excluding carboxylic acids is 1. The molecule has 23 heavy (non-hydrogen) atoms. The number of amides is 1. The number of unbranched alkanes of at least 4 members (excludes halogenated alkanes) is 1. The lowest BCUT2D eigenvalue weighted by Crippen LogP contribution is -2.40. The Labute approximate surface area is 135 Å². The highest BCUT2D eigenvalue weighted by Crippen LogP contribution is 2.31. The molecule has 0 aromatic heterocycles. The number of nitrogens with two attached hydrogens (primary N) is 1. The van der Waals surface area contributed by atoms with E-state index in [0.717, 1.165) is 32.1 Å². The third-order valence-corrected chi connectivity index (χ3v) is 3.92. The Kier molecular flexibility index (Phi) is 5.92. The van der Waals surface area contributed by atoms with Gasteiger partial charge in [0.25, 0.3) is 11.6 Å². The van der Waals surface area contributed by atoms with Gasteiger partial charge in [0, 0.05) is 30.3 Å². The second-order valence-corrected chi connectivity index (χ2v) is 5.96. The summed E-state index contributed by atoms with van der Waals surface area (Å²) in [4.78, 5) is 23.1. The van der Waals surface area contributed by atoms with Gasteiger partial charge in [0.2, 0.25) is 0 Å². The molecule has 7 heteroatoms. The van der Waals surface area contributed by atoms with Crippen LogP contribution in [-0.2, 0) is 0 Å². The fourth-order valence-electron chi connectivity index (χ4n) is 2.36. The number of benzene rings is 1. The molecular formula is C16H24N4O3. The first-order valence-corrected chi connectivity index (χ1v) is 8.11. The molecule has 1 aliphatic rings. The summed E-state index contributed by atoms with van der Waals surface area (Å²) in [6.07, 6.45) is 4.86. The van der Waals surface area contributed by atoms with Crippen molar-refractivity contribution in [2.24, 2.45) is 5.73 Å². The average molecular weight is 320 g/mol. The van der Waals surface area contributed by atoms with Crippen LogP contribution in [0.5, 0.6) is 0 Å². The number of hydrogen-bond acceptors (Lipinski definition) is 5. The number of nitro groups is 1. The highest BCUT2D eigenvalue weighted by Gasteiger charge is 2.25. The van der Waals surface area contributed by atoms with Gasteiger partial charge in [-0.15, -0.1) is 0 Å². The van der Waals surface area contributed by atoms with Gasteiger partial charge in [-0.1, -0.05) is 19.8 Å². The molecule has 0 radical (unpaired) electrons. The number of nitrogens with zero attached hydrogens (tertiary/aromatic N) is 1. The van der Waals surface area contributed by atoms with Gasteiger partial charge < -0.3 is 16.4 Å². The zero-order valence-corrected chi connectivity index (χ0v) is 13.4. The van der Waals surface area contributed by atoms with E-state index in [1.807, 2.05) is 0 Å². The molecule has 0 bridgehead atoms. The molecule has 4 N–H and O–H groups in total. The third kappa shape index (κ3) is 4.92. The van der Waals surface area contributed by atoms with Gasteiger partial charge in [-0.3, -0.25) is 14.9 Å². The van der Waals surface area contributed by atoms with E-state index >= 15 is 0 Å². The van der Waals surface area contributed by atoms with Gasteiger partial charge >= 0.3 is 0 Å². The number of nitrogens with one attached hydrogen (secondary N) is 2. The molecule has 126 valence electrons. The zero-order chi connectivity index (χ0) is 16.8. The summed E-state index contributed by atoms with van der Waals surface area (Å²) in [7, 11) is 0. The quantitative estimate of drug-likeness (QED) is 0.478. The topological polar surface area (TPSA) is 110 Å². The van der Waals surface area contributed by atoms with Gasteiger partial charge in [-0.05, 0) is 31.4 Å². The van der Waals surface area contributed by atoms with Crippen LogP contribution < -0.4 is 16.4 Å². The van der Waals surface area contributed by atoms with E-state index in [2.05, 4.69) is 17.6 Å². The van der Waals surface area contributed by atoms with Crippen LogP contribution in [0.15, 0.2) is 18.2 Å². The Morgan fingerprint density at radius 2 is 2.22 bits per heavy atom. The molecule has 1 amide bonds. The Balaban J connectivity index is 2.10. The largest absolute Gasteiger partial charge is 0.377 e. The lowest BCUT2D eigenvalue weighted by molar-refractivity contribution is -0.384. The highest BCUT2D eigenvalue weighted by molar-refractivity contribution is 5.96. The molecule has 0 saturated heterocycles. The number of anilines is 1. The molecular weight excluding hydrogens is 296 g/mol. The van der Waals surface area contributed by atoms with Gasteiger partial charge in [0.15, 0.2) is 0 Å². The molecule has 1 aliphatic carbocycles. The molecule has 7 nitrogen and oxygen atoms in total. The first-order valence-electron chi connectivity index (χ1n) is 8.11. The van der Waals surface area contributed by atoms with E-state index in [-0.39, 0.29) is 23.2 Å². The minimum Gasteiger partial charge on any atom is -0.377 e. The monoisotopic (exact) mass is 320 g/mol. The summed E-state index contributed by atoms with van der Waals surface area (Å²) in [5.74, 6) is -0.322. The van der Waals surface area contributed by atoms with E-state index in [1.54, 1.807) is 12.1 Å². The minimum atomic E-state index is -0.459. The lowest BCUT2D eigenvalue weighted by atomic mass is 10.1. The maximum absolute atomic E-state index is 12.3. The van der Waals surface area contributed by atoms with Crippen LogP contribution in [0, 0.1) is 10.1 Å². The van der Waals surface area contributed by atoms with Crippen LogP contribution >= 0.6 is 0 Å². The van der Waals surface area contributed by atoms with E-state index in [4.69, 9.17) is 5.73 Å². The Morgan fingerprint density at radius 1 is 1.48 bits per heavy atom. The second-order valence-electron chi connectivity index (χ2n) is 5.96. The van der Waals surface area contributed by atoms with Gasteiger partial charge in [-0.25, -0.2) is 0 Å². The van der Waals surface area contributed by atoms with Crippen molar-refractivity contribution in [2.45, 2.75) is 51.1 Å². The third-order valence-electron chi connectivity index (χ3n) is 3.92. The van der Waals surface area contributed by atoms with Crippen LogP contribution in [0.2, 0.25) is 0 Å². The van der Waals surface area contributed by atoms with Crippen LogP contribution in [0.25, 0.3) is 0 Å². The summed E-state index contributed by atoms with van der Waals surface area (Å²) in [6.45, 7) is 2.43. The molecule has 1 fully saturated rings. The van der Waals surface area contributed by atoms with E-state index < -0.39 is 4.92 Å². The highest BCUT2D eigenvalue weighted by atomic mass is 16.6. The Morgan fingerprint density at radius 3 is 2.78 bits per heavy atom. The van der Waals surface area contributed by atoms with Crippen LogP contribution in [0.4, 0.5) is 11.4 Å². The van der Waals surface area contributed by atoms with E-state index in [1.165, 1.54) is 6.07 Å². The van der Waals surface area contributed by atoms with Crippen molar-refractivity contribution in [3.05, 3.63) is 33.9 Å². The lowest BCUT2D eigenvalue weighted by Gasteiger charge is -2.16. The SMILES string of the molecule is CCCCC(CN)NC(=O)c1ccc(NC2CC2)c([N+](=O)[O-])c1. The number of carbonyl (C=O) groups is 1. The van der Waals surface area contributed by atoms with Crippen molar-refractivity contribution in [3.8, 4) is 0 Å². The maximum atomic E-state index is 12.3. The number of hydrogen-bond donors (Lipinski definition) is 3. The molecule has 0 heterocycles. The molecule has 1 saturated carbocycles. The Hall–Kier alpha value is -2.15. The van der Waals surface area contributed by atoms with Gasteiger partial charge in [0.1, 0.15) is 5.69 Å². The number of rotatable bonds is 9. The van der Waals surface area contributed by atoms with Crippen molar-refractivity contribution < 1.29 is 9.72 Å². The fraction of sp³-hybridized carbons (Fsp3) is 0.562. The van der Waals surface area contributed by atoms with Gasteiger partial charge in [0.05, 0.1) is 4.92 Å². The predicted octanol–water partition coefficient (Wildman–Crippen LogP) is 2.42. The summed E-state index contributed by atoms with van der Waals surface area (Å²) in [6, 6.07) is 4.75. The normalized spacial score (nSPS) is 15.0. The predicted molar refractivity (Wildman–Crippen MR) is 89.6 cm³/mol. The van der Waals surface area contributed by atoms with Crippen molar-refractivity contribution in [2.75, 3.05) is 11.9 Å². The second kappa shape index (κ2) is 7.92. The minimum absolute atomic E-state index is 0.0672. The molecule has 2 rings (SSSR count). The van der Waals surface area contributed by atoms with Crippen LogP contribution in [0.1, 0.15) is 49.4 Å². The van der Waals surface area contributed by atoms with Crippen LogP contribution in [0.3, 0.4) is 0 Å². The Bertz CT molecular complexity index is 572. The average Bonchev–Trinajstić information content (AvgIpc) is 3.35. The summed E-state index contributed by atoms with van der Waals surface area (Å²) >= 11 is 0. The summed E-state index contributed by atoms with van der Waals surface area (Å²) in [5, 5.41) is 17.2. The first-order chi connectivity index (χ1) is 11.0. The van der Waals surface area contributed by atoms with E-state index in [0.29, 0.717) is 18.3 Å². The van der Waals surface area contributed by atoms with E-state index in [9.17, 15) is 14.9 Å². The number of nitro benzene ring substituents is 1. The summed E-state index contributed by atoms with van der Waals surface area (Å²) < 4.78 is 0. The molecule has 1 atom stereocenters. The summed E-state index contributed by atoms with van der Waals surface area (Å²) in [5.41, 5.74) is 6.36. The zero-order valence-electron chi connectivity index (χ0n) is 13.4. The van der Waals surface area contributed by atoms with Crippen molar-refractivity contribution >= 4 is 17.3 Å². The molecule has 1 aromatic carbocycles. The standard InChI is InChI=1S/C16H24N4O3/c1-2-3-4-13(10-17)19-16(21)11-5-8-14(18-12-6-7-12)15(9-11)20(22)23/h5,8-9,12-13,18H,2-4,6-7,10,17H2,1H3,(H,19,21).